The van der Waals surface area contributed by atoms with E-state index >= 15 is 0 Å². The maximum Gasteiger partial charge on any atom is 0.269 e. The van der Waals surface area contributed by atoms with Crippen LogP contribution in [0.4, 0.5) is 11.4 Å². The Bertz CT molecular complexity index is 1030. The van der Waals surface area contributed by atoms with E-state index in [1.54, 1.807) is 36.4 Å². The lowest BCUT2D eigenvalue weighted by Crippen LogP contribution is -2.45. The van der Waals surface area contributed by atoms with Crippen molar-refractivity contribution >= 4 is 29.3 Å². The maximum atomic E-state index is 13.1. The number of hydrogen-bond donors (Lipinski definition) is 1. The number of fused-ring (bicyclic) bond motifs is 2. The normalized spacial score (nSPS) is 18.4. The van der Waals surface area contributed by atoms with Gasteiger partial charge in [0.1, 0.15) is 5.75 Å². The second-order valence-electron chi connectivity index (χ2n) is 7.67. The number of carbonyl (C=O) groups excluding carboxylic acids is 2. The van der Waals surface area contributed by atoms with E-state index in [-0.39, 0.29) is 23.5 Å². The largest absolute Gasteiger partial charge is 0.493 e. The van der Waals surface area contributed by atoms with Gasteiger partial charge in [-0.3, -0.25) is 19.7 Å². The number of benzene rings is 2. The maximum absolute atomic E-state index is 13.1. The summed E-state index contributed by atoms with van der Waals surface area (Å²) in [5.74, 6) is 0.110. The molecule has 0 saturated carbocycles. The van der Waals surface area contributed by atoms with Crippen molar-refractivity contribution in [3.63, 3.8) is 0 Å². The number of hydrogen-bond acceptors (Lipinski definition) is 5. The molecule has 2 aromatic carbocycles. The van der Waals surface area contributed by atoms with E-state index < -0.39 is 4.92 Å². The van der Waals surface area contributed by atoms with Gasteiger partial charge in [0.25, 0.3) is 11.6 Å². The first-order chi connectivity index (χ1) is 15.0. The summed E-state index contributed by atoms with van der Waals surface area (Å²) in [6, 6.07) is 11.2. The van der Waals surface area contributed by atoms with Crippen molar-refractivity contribution in [2.75, 3.05) is 18.5 Å². The van der Waals surface area contributed by atoms with E-state index in [1.807, 2.05) is 4.90 Å². The Morgan fingerprint density at radius 2 is 1.97 bits per heavy atom. The first-order valence-electron chi connectivity index (χ1n) is 10.3. The standard InChI is InChI=1S/C23H23N3O5/c27-22(11-6-16-4-8-19(9-5-16)26(29)30)24-17-7-10-21-20(15-17)23(28)25-13-2-1-3-18(25)12-14-31-21/h4-11,15,18H,1-3,12-14H2,(H,24,27)/b11-6+. The molecule has 2 aliphatic heterocycles. The Kier molecular flexibility index (Phi) is 5.97. The molecule has 1 unspecified atom stereocenters. The van der Waals surface area contributed by atoms with Crippen LogP contribution in [0.3, 0.4) is 0 Å². The number of nitrogens with one attached hydrogen (secondary N) is 1. The fourth-order valence-electron chi connectivity index (χ4n) is 3.99. The number of amides is 2. The fourth-order valence-corrected chi connectivity index (χ4v) is 3.99. The molecule has 4 rings (SSSR count). The number of rotatable bonds is 4. The summed E-state index contributed by atoms with van der Waals surface area (Å²) < 4.78 is 5.82. The molecule has 160 valence electrons. The molecular formula is C23H23N3O5. The van der Waals surface area contributed by atoms with Crippen LogP contribution in [-0.2, 0) is 4.79 Å². The SMILES string of the molecule is O=C(/C=C/c1ccc([N+](=O)[O-])cc1)Nc1ccc2c(c1)C(=O)N1CCCCC1CCO2. The van der Waals surface area contributed by atoms with Gasteiger partial charge in [0.05, 0.1) is 17.1 Å². The monoisotopic (exact) mass is 421 g/mol. The van der Waals surface area contributed by atoms with E-state index in [0.717, 1.165) is 32.2 Å². The van der Waals surface area contributed by atoms with Gasteiger partial charge in [0.2, 0.25) is 5.91 Å². The van der Waals surface area contributed by atoms with Crippen LogP contribution in [0.15, 0.2) is 48.5 Å². The van der Waals surface area contributed by atoms with Gasteiger partial charge >= 0.3 is 0 Å². The zero-order valence-electron chi connectivity index (χ0n) is 17.0. The van der Waals surface area contributed by atoms with Gasteiger partial charge in [-0.2, -0.15) is 0 Å². The smallest absolute Gasteiger partial charge is 0.269 e. The first kappa shape index (κ1) is 20.6. The van der Waals surface area contributed by atoms with Crippen LogP contribution in [0, 0.1) is 10.1 Å². The van der Waals surface area contributed by atoms with Crippen LogP contribution >= 0.6 is 0 Å². The minimum Gasteiger partial charge on any atom is -0.493 e. The van der Waals surface area contributed by atoms with Gasteiger partial charge in [0.15, 0.2) is 0 Å². The van der Waals surface area contributed by atoms with Gasteiger partial charge in [-0.25, -0.2) is 0 Å². The van der Waals surface area contributed by atoms with Crippen LogP contribution in [0.25, 0.3) is 6.08 Å². The zero-order chi connectivity index (χ0) is 21.8. The average Bonchev–Trinajstić information content (AvgIpc) is 2.77. The predicted octanol–water partition coefficient (Wildman–Crippen LogP) is 4.02. The van der Waals surface area contributed by atoms with Crippen LogP contribution in [0.2, 0.25) is 0 Å². The number of carbonyl (C=O) groups is 2. The quantitative estimate of drug-likeness (QED) is 0.456. The van der Waals surface area contributed by atoms with Crippen LogP contribution in [0.5, 0.6) is 5.75 Å². The average molecular weight is 421 g/mol. The molecule has 1 atom stereocenters. The number of non-ortho nitro benzene ring substituents is 1. The van der Waals surface area contributed by atoms with Crippen molar-refractivity contribution in [1.29, 1.82) is 0 Å². The zero-order valence-corrected chi connectivity index (χ0v) is 17.0. The lowest BCUT2D eigenvalue weighted by Gasteiger charge is -2.37. The number of nitro groups is 1. The van der Waals surface area contributed by atoms with Crippen LogP contribution in [-0.4, -0.2) is 40.8 Å². The fraction of sp³-hybridized carbons (Fsp3) is 0.304. The summed E-state index contributed by atoms with van der Waals surface area (Å²) in [4.78, 5) is 37.6. The molecular weight excluding hydrogens is 398 g/mol. The highest BCUT2D eigenvalue weighted by atomic mass is 16.6. The van der Waals surface area contributed by atoms with Crippen molar-refractivity contribution in [1.82, 2.24) is 4.90 Å². The molecule has 0 aliphatic carbocycles. The summed E-state index contributed by atoms with van der Waals surface area (Å²) in [6.45, 7) is 1.31. The van der Waals surface area contributed by atoms with Gasteiger partial charge in [0, 0.05) is 42.9 Å². The molecule has 8 heteroatoms. The number of piperidine rings is 1. The highest BCUT2D eigenvalue weighted by Gasteiger charge is 2.31. The third-order valence-corrected chi connectivity index (χ3v) is 5.61. The number of nitro benzene ring substituents is 1. The summed E-state index contributed by atoms with van der Waals surface area (Å²) in [6.07, 6.45) is 6.86. The highest BCUT2D eigenvalue weighted by molar-refractivity contribution is 6.04. The number of ether oxygens (including phenoxy) is 1. The predicted molar refractivity (Wildman–Crippen MR) is 116 cm³/mol. The van der Waals surface area contributed by atoms with E-state index in [9.17, 15) is 19.7 Å². The lowest BCUT2D eigenvalue weighted by atomic mass is 9.97. The van der Waals surface area contributed by atoms with Crippen LogP contribution < -0.4 is 10.1 Å². The molecule has 2 amide bonds. The van der Waals surface area contributed by atoms with Crippen LogP contribution in [0.1, 0.15) is 41.6 Å². The Hall–Kier alpha value is -3.68. The van der Waals surface area contributed by atoms with E-state index in [0.29, 0.717) is 29.2 Å². The van der Waals surface area contributed by atoms with E-state index in [4.69, 9.17) is 4.74 Å². The Morgan fingerprint density at radius 3 is 2.74 bits per heavy atom. The van der Waals surface area contributed by atoms with Crippen molar-refractivity contribution in [3.8, 4) is 5.75 Å². The Morgan fingerprint density at radius 1 is 1.16 bits per heavy atom. The Balaban J connectivity index is 1.47. The van der Waals surface area contributed by atoms with Crippen molar-refractivity contribution in [2.45, 2.75) is 31.7 Å². The third kappa shape index (κ3) is 4.74. The molecule has 2 aromatic rings. The molecule has 0 aromatic heterocycles. The minimum atomic E-state index is -0.475. The summed E-state index contributed by atoms with van der Waals surface area (Å²) in [5.41, 5.74) is 1.62. The molecule has 2 heterocycles. The molecule has 2 aliphatic rings. The molecule has 1 N–H and O–H groups in total. The van der Waals surface area contributed by atoms with Gasteiger partial charge in [-0.1, -0.05) is 0 Å². The second-order valence-corrected chi connectivity index (χ2v) is 7.67. The van der Waals surface area contributed by atoms with Crippen molar-refractivity contribution in [3.05, 3.63) is 69.8 Å². The van der Waals surface area contributed by atoms with Crippen molar-refractivity contribution < 1.29 is 19.2 Å². The van der Waals surface area contributed by atoms with E-state index in [1.165, 1.54) is 18.2 Å². The first-order valence-corrected chi connectivity index (χ1v) is 10.3. The van der Waals surface area contributed by atoms with Gasteiger partial charge in [-0.05, 0) is 61.2 Å². The molecule has 31 heavy (non-hydrogen) atoms. The third-order valence-electron chi connectivity index (χ3n) is 5.61. The summed E-state index contributed by atoms with van der Waals surface area (Å²) >= 11 is 0. The molecule has 1 saturated heterocycles. The van der Waals surface area contributed by atoms with Crippen molar-refractivity contribution in [2.24, 2.45) is 0 Å². The number of anilines is 1. The highest BCUT2D eigenvalue weighted by Crippen LogP contribution is 2.31. The molecule has 0 radical (unpaired) electrons. The number of nitrogens with zero attached hydrogens (tertiary/aromatic N) is 2. The molecule has 1 fully saturated rings. The topological polar surface area (TPSA) is 102 Å². The molecule has 0 spiro atoms. The van der Waals surface area contributed by atoms with Gasteiger partial charge in [-0.15, -0.1) is 0 Å². The minimum absolute atomic E-state index is 0.00906. The summed E-state index contributed by atoms with van der Waals surface area (Å²) in [5, 5.41) is 13.5. The second kappa shape index (κ2) is 8.99. The Labute approximate surface area is 179 Å². The molecule has 0 bridgehead atoms. The lowest BCUT2D eigenvalue weighted by molar-refractivity contribution is -0.384. The molecule has 8 nitrogen and oxygen atoms in total. The summed E-state index contributed by atoms with van der Waals surface area (Å²) in [7, 11) is 0. The van der Waals surface area contributed by atoms with E-state index in [2.05, 4.69) is 5.32 Å². The van der Waals surface area contributed by atoms with Gasteiger partial charge < -0.3 is 15.0 Å².